The zero-order chi connectivity index (χ0) is 27.1. The quantitative estimate of drug-likeness (QED) is 0.260. The van der Waals surface area contributed by atoms with Crippen molar-refractivity contribution in [2.75, 3.05) is 35.2 Å². The van der Waals surface area contributed by atoms with Crippen LogP contribution in [0.25, 0.3) is 20.8 Å². The largest absolute Gasteiger partial charge is 0.380 e. The number of pyridine rings is 2. The summed E-state index contributed by atoms with van der Waals surface area (Å²) < 4.78 is 1.02. The number of nitrogens with zero attached hydrogens (tertiary/aromatic N) is 7. The second-order valence-electron chi connectivity index (χ2n) is 10.5. The van der Waals surface area contributed by atoms with Crippen molar-refractivity contribution in [3.63, 3.8) is 0 Å². The molecule has 0 aliphatic carbocycles. The van der Waals surface area contributed by atoms with E-state index < -0.39 is 0 Å². The smallest absolute Gasteiger partial charge is 0.227 e. The highest BCUT2D eigenvalue weighted by Crippen LogP contribution is 2.34. The van der Waals surface area contributed by atoms with Gasteiger partial charge >= 0.3 is 0 Å². The molecule has 202 valence electrons. The van der Waals surface area contributed by atoms with Crippen LogP contribution in [0.1, 0.15) is 24.6 Å². The molecular weight excluding hydrogens is 518 g/mol. The van der Waals surface area contributed by atoms with Crippen molar-refractivity contribution in [3.05, 3.63) is 78.4 Å². The number of hydrogen-bond acceptors (Lipinski definition) is 10. The molecule has 2 N–H and O–H groups in total. The molecule has 2 fully saturated rings. The number of likely N-dealkylation sites (N-methyl/N-ethyl adjacent to an activating group) is 1. The lowest BCUT2D eigenvalue weighted by atomic mass is 10.2. The Hall–Kier alpha value is -4.15. The molecule has 2 aliphatic rings. The summed E-state index contributed by atoms with van der Waals surface area (Å²) >= 11 is 1.61. The molecule has 7 rings (SSSR count). The predicted octanol–water partition coefficient (Wildman–Crippen LogP) is 5.49. The standard InChI is InChI=1S/C30H31N9S/c1-3-38-17-24-11-23(38)18-39(24)30-34-19(2)9-28(37-30)36-27-12-25-26(16-33-27)40-29(35-25)21-10-22(15-31-14-21)32-13-20-7-5-4-6-8-20/h4-10,12,14-16,23-24,32H,3,11,13,17-18H2,1-2H3,(H,33,34,36,37). The van der Waals surface area contributed by atoms with Crippen LogP contribution in [0, 0.1) is 6.92 Å². The predicted molar refractivity (Wildman–Crippen MR) is 161 cm³/mol. The molecular formula is C30H31N9S. The highest BCUT2D eigenvalue weighted by molar-refractivity contribution is 7.21. The first-order valence-corrected chi connectivity index (χ1v) is 14.6. The van der Waals surface area contributed by atoms with Crippen molar-refractivity contribution in [1.82, 2.24) is 29.8 Å². The number of likely N-dealkylation sites (tertiary alicyclic amines) is 1. The van der Waals surface area contributed by atoms with Gasteiger partial charge in [-0.15, -0.1) is 11.3 Å². The Morgan fingerprint density at radius 1 is 0.950 bits per heavy atom. The first-order valence-electron chi connectivity index (χ1n) is 13.7. The van der Waals surface area contributed by atoms with Gasteiger partial charge in [-0.2, -0.15) is 4.98 Å². The lowest BCUT2D eigenvalue weighted by Crippen LogP contribution is -2.46. The fraction of sp³-hybridized carbons (Fsp3) is 0.300. The van der Waals surface area contributed by atoms with Crippen molar-refractivity contribution in [2.45, 2.75) is 38.9 Å². The van der Waals surface area contributed by atoms with E-state index in [1.165, 1.54) is 12.0 Å². The summed E-state index contributed by atoms with van der Waals surface area (Å²) in [5, 5.41) is 7.77. The van der Waals surface area contributed by atoms with E-state index in [9.17, 15) is 0 Å². The topological polar surface area (TPSA) is 95.0 Å². The number of aryl methyl sites for hydroxylation is 1. The number of benzene rings is 1. The van der Waals surface area contributed by atoms with Gasteiger partial charge in [-0.1, -0.05) is 37.3 Å². The molecule has 2 atom stereocenters. The van der Waals surface area contributed by atoms with Gasteiger partial charge in [0.05, 0.1) is 15.9 Å². The van der Waals surface area contributed by atoms with Gasteiger partial charge in [0.15, 0.2) is 0 Å². The summed E-state index contributed by atoms with van der Waals surface area (Å²) in [7, 11) is 0. The number of thiazole rings is 1. The molecule has 5 aromatic rings. The fourth-order valence-corrected chi connectivity index (χ4v) is 6.63. The van der Waals surface area contributed by atoms with Gasteiger partial charge in [0.25, 0.3) is 0 Å². The zero-order valence-electron chi connectivity index (χ0n) is 22.6. The van der Waals surface area contributed by atoms with Crippen molar-refractivity contribution in [3.8, 4) is 10.6 Å². The molecule has 0 amide bonds. The number of fused-ring (bicyclic) bond motifs is 3. The molecule has 2 saturated heterocycles. The van der Waals surface area contributed by atoms with E-state index in [1.54, 1.807) is 11.3 Å². The average Bonchev–Trinajstić information content (AvgIpc) is 3.71. The Labute approximate surface area is 237 Å². The highest BCUT2D eigenvalue weighted by atomic mass is 32.1. The van der Waals surface area contributed by atoms with Crippen LogP contribution >= 0.6 is 11.3 Å². The Balaban J connectivity index is 1.08. The number of anilines is 4. The van der Waals surface area contributed by atoms with E-state index in [0.717, 1.165) is 70.1 Å². The molecule has 10 heteroatoms. The Kier molecular flexibility index (Phi) is 6.49. The van der Waals surface area contributed by atoms with Gasteiger partial charge in [0.1, 0.15) is 16.6 Å². The number of piperazine rings is 1. The van der Waals surface area contributed by atoms with Crippen LogP contribution in [0.15, 0.2) is 67.1 Å². The van der Waals surface area contributed by atoms with Gasteiger partial charge in [-0.25, -0.2) is 15.0 Å². The number of aromatic nitrogens is 5. The maximum Gasteiger partial charge on any atom is 0.227 e. The number of nitrogens with one attached hydrogen (secondary N) is 2. The first kappa shape index (κ1) is 24.9. The maximum absolute atomic E-state index is 4.91. The molecule has 6 heterocycles. The van der Waals surface area contributed by atoms with Crippen LogP contribution in [0.5, 0.6) is 0 Å². The molecule has 40 heavy (non-hydrogen) atoms. The summed E-state index contributed by atoms with van der Waals surface area (Å²) in [5.74, 6) is 2.27. The maximum atomic E-state index is 4.91. The average molecular weight is 550 g/mol. The molecule has 0 saturated carbocycles. The Morgan fingerprint density at radius 2 is 1.85 bits per heavy atom. The fourth-order valence-electron chi connectivity index (χ4n) is 5.74. The van der Waals surface area contributed by atoms with Gasteiger partial charge in [0, 0.05) is 73.7 Å². The molecule has 0 radical (unpaired) electrons. The van der Waals surface area contributed by atoms with Gasteiger partial charge in [-0.3, -0.25) is 9.88 Å². The molecule has 0 spiro atoms. The third-order valence-corrected chi connectivity index (χ3v) is 8.77. The molecule has 2 aliphatic heterocycles. The van der Waals surface area contributed by atoms with Crippen molar-refractivity contribution in [2.24, 2.45) is 0 Å². The molecule has 9 nitrogen and oxygen atoms in total. The van der Waals surface area contributed by atoms with Crippen LogP contribution in [0.4, 0.5) is 23.3 Å². The lowest BCUT2D eigenvalue weighted by molar-refractivity contribution is 0.250. The number of hydrogen-bond donors (Lipinski definition) is 2. The first-order chi connectivity index (χ1) is 19.6. The summed E-state index contributed by atoms with van der Waals surface area (Å²) in [6, 6.07) is 17.5. The Bertz CT molecular complexity index is 1650. The lowest BCUT2D eigenvalue weighted by Gasteiger charge is -2.33. The van der Waals surface area contributed by atoms with E-state index in [0.29, 0.717) is 17.9 Å². The highest BCUT2D eigenvalue weighted by Gasteiger charge is 2.43. The van der Waals surface area contributed by atoms with E-state index >= 15 is 0 Å². The van der Waals surface area contributed by atoms with Gasteiger partial charge in [-0.05, 0) is 31.5 Å². The third kappa shape index (κ3) is 4.96. The van der Waals surface area contributed by atoms with Crippen LogP contribution in [-0.4, -0.2) is 61.5 Å². The Morgan fingerprint density at radius 3 is 2.67 bits per heavy atom. The number of rotatable bonds is 8. The normalized spacial score (nSPS) is 18.5. The van der Waals surface area contributed by atoms with Crippen LogP contribution in [-0.2, 0) is 6.54 Å². The van der Waals surface area contributed by atoms with Gasteiger partial charge in [0.2, 0.25) is 5.95 Å². The van der Waals surface area contributed by atoms with Crippen molar-refractivity contribution in [1.29, 1.82) is 0 Å². The third-order valence-electron chi connectivity index (χ3n) is 7.72. The van der Waals surface area contributed by atoms with E-state index in [-0.39, 0.29) is 0 Å². The monoisotopic (exact) mass is 549 g/mol. The minimum absolute atomic E-state index is 0.490. The molecule has 2 unspecified atom stereocenters. The SMILES string of the molecule is CCN1CC2CC1CN2c1nc(C)cc(Nc2cc3nc(-c4cncc(NCc5ccccc5)c4)sc3cn2)n1. The van der Waals surface area contributed by atoms with Crippen LogP contribution in [0.3, 0.4) is 0 Å². The molecule has 2 bridgehead atoms. The summed E-state index contributed by atoms with van der Waals surface area (Å²) in [4.78, 5) is 28.6. The van der Waals surface area contributed by atoms with Crippen molar-refractivity contribution < 1.29 is 0 Å². The van der Waals surface area contributed by atoms with Crippen LogP contribution < -0.4 is 15.5 Å². The van der Waals surface area contributed by atoms with E-state index in [1.807, 2.05) is 55.8 Å². The zero-order valence-corrected chi connectivity index (χ0v) is 23.4. The second kappa shape index (κ2) is 10.4. The second-order valence-corrected chi connectivity index (χ2v) is 11.5. The summed E-state index contributed by atoms with van der Waals surface area (Å²) in [5.41, 5.74) is 4.99. The van der Waals surface area contributed by atoms with Gasteiger partial charge < -0.3 is 15.5 Å². The van der Waals surface area contributed by atoms with Crippen LogP contribution in [0.2, 0.25) is 0 Å². The summed E-state index contributed by atoms with van der Waals surface area (Å²) in [6.45, 7) is 8.19. The minimum Gasteiger partial charge on any atom is -0.380 e. The summed E-state index contributed by atoms with van der Waals surface area (Å²) in [6.07, 6.45) is 6.76. The molecule has 4 aromatic heterocycles. The van der Waals surface area contributed by atoms with Crippen molar-refractivity contribution >= 4 is 44.8 Å². The molecule has 1 aromatic carbocycles. The minimum atomic E-state index is 0.490. The van der Waals surface area contributed by atoms with E-state index in [4.69, 9.17) is 15.0 Å². The van der Waals surface area contributed by atoms with E-state index in [2.05, 4.69) is 55.5 Å².